The van der Waals surface area contributed by atoms with Crippen molar-refractivity contribution in [1.29, 1.82) is 0 Å². The fraction of sp³-hybridized carbons (Fsp3) is 0.789. The van der Waals surface area contributed by atoms with Gasteiger partial charge in [-0.3, -0.25) is 0 Å². The molecule has 0 aliphatic heterocycles. The number of hydrogen-bond acceptors (Lipinski definition) is 2. The van der Waals surface area contributed by atoms with Crippen LogP contribution in [0.25, 0.3) is 0 Å². The minimum atomic E-state index is 0.608. The van der Waals surface area contributed by atoms with E-state index in [1.807, 2.05) is 11.3 Å². The number of hydrogen-bond donors (Lipinski definition) is 1. The Kier molecular flexibility index (Phi) is 5.06. The van der Waals surface area contributed by atoms with Gasteiger partial charge in [0, 0.05) is 15.8 Å². The lowest BCUT2D eigenvalue weighted by Crippen LogP contribution is -2.35. The molecule has 118 valence electrons. The van der Waals surface area contributed by atoms with E-state index in [1.54, 1.807) is 4.88 Å². The van der Waals surface area contributed by atoms with Gasteiger partial charge >= 0.3 is 0 Å². The molecule has 2 aliphatic rings. The summed E-state index contributed by atoms with van der Waals surface area (Å²) in [4.78, 5) is 3.09. The van der Waals surface area contributed by atoms with E-state index < -0.39 is 0 Å². The van der Waals surface area contributed by atoms with Gasteiger partial charge in [-0.2, -0.15) is 0 Å². The average Bonchev–Trinajstić information content (AvgIpc) is 2.83. The molecule has 2 aliphatic carbocycles. The number of fused-ring (bicyclic) bond motifs is 1. The van der Waals surface area contributed by atoms with Gasteiger partial charge in [-0.05, 0) is 69.0 Å². The molecule has 0 saturated heterocycles. The Morgan fingerprint density at radius 1 is 1.14 bits per heavy atom. The van der Waals surface area contributed by atoms with Crippen LogP contribution in [0.5, 0.6) is 0 Å². The smallest absolute Gasteiger partial charge is 0.0446 e. The molecule has 0 bridgehead atoms. The first-order chi connectivity index (χ1) is 10.2. The highest BCUT2D eigenvalue weighted by Crippen LogP contribution is 2.47. The maximum absolute atomic E-state index is 3.83. The monoisotopic (exact) mass is 305 g/mol. The second-order valence-corrected chi connectivity index (χ2v) is 8.61. The Morgan fingerprint density at radius 3 is 2.57 bits per heavy atom. The summed E-state index contributed by atoms with van der Waals surface area (Å²) in [6.45, 7) is 7.90. The molecule has 0 radical (unpaired) electrons. The minimum Gasteiger partial charge on any atom is -0.309 e. The number of aryl methyl sites for hydroxylation is 2. The van der Waals surface area contributed by atoms with Crippen LogP contribution in [0.2, 0.25) is 0 Å². The molecule has 3 rings (SSSR count). The van der Waals surface area contributed by atoms with Gasteiger partial charge in [-0.15, -0.1) is 11.3 Å². The van der Waals surface area contributed by atoms with Crippen LogP contribution in [0.3, 0.4) is 0 Å². The summed E-state index contributed by atoms with van der Waals surface area (Å²) in [7, 11) is 0. The van der Waals surface area contributed by atoms with E-state index in [0.29, 0.717) is 6.04 Å². The molecule has 21 heavy (non-hydrogen) atoms. The van der Waals surface area contributed by atoms with Crippen LogP contribution in [0.4, 0.5) is 0 Å². The Hall–Kier alpha value is -0.340. The predicted molar refractivity (Wildman–Crippen MR) is 93.0 cm³/mol. The highest BCUT2D eigenvalue weighted by Gasteiger charge is 2.36. The van der Waals surface area contributed by atoms with Crippen LogP contribution in [-0.4, -0.2) is 6.54 Å². The quantitative estimate of drug-likeness (QED) is 0.761. The number of thiophene rings is 1. The molecule has 2 saturated carbocycles. The fourth-order valence-corrected chi connectivity index (χ4v) is 6.08. The molecular weight excluding hydrogens is 274 g/mol. The van der Waals surface area contributed by atoms with Gasteiger partial charge < -0.3 is 5.32 Å². The first-order valence-corrected chi connectivity index (χ1v) is 9.81. The first-order valence-electron chi connectivity index (χ1n) is 8.99. The van der Waals surface area contributed by atoms with Crippen molar-refractivity contribution >= 4 is 11.3 Å². The van der Waals surface area contributed by atoms with Crippen molar-refractivity contribution in [3.63, 3.8) is 0 Å². The van der Waals surface area contributed by atoms with Crippen molar-refractivity contribution in [2.45, 2.75) is 71.8 Å². The largest absolute Gasteiger partial charge is 0.309 e. The van der Waals surface area contributed by atoms with Crippen LogP contribution in [0, 0.1) is 31.6 Å². The fourth-order valence-electron chi connectivity index (χ4n) is 4.87. The van der Waals surface area contributed by atoms with Gasteiger partial charge in [0.25, 0.3) is 0 Å². The second kappa shape index (κ2) is 6.83. The highest BCUT2D eigenvalue weighted by molar-refractivity contribution is 7.12. The van der Waals surface area contributed by atoms with Crippen molar-refractivity contribution in [2.75, 3.05) is 6.54 Å². The molecule has 0 spiro atoms. The summed E-state index contributed by atoms with van der Waals surface area (Å²) in [6.07, 6.45) is 10.4. The summed E-state index contributed by atoms with van der Waals surface area (Å²) < 4.78 is 0. The summed E-state index contributed by atoms with van der Waals surface area (Å²) in [6, 6.07) is 2.98. The molecule has 2 heteroatoms. The van der Waals surface area contributed by atoms with Crippen LogP contribution in [0.15, 0.2) is 6.07 Å². The molecule has 4 atom stereocenters. The topological polar surface area (TPSA) is 12.0 Å². The standard InChI is InChI=1S/C19H31NS/c1-4-20-18(19-13(2)11-14(3)21-19)17-10-9-15-7-5-6-8-16(15)12-17/h11,15-18,20H,4-10,12H2,1-3H3. The zero-order valence-corrected chi connectivity index (χ0v) is 14.8. The number of rotatable bonds is 4. The molecule has 0 amide bonds. The van der Waals surface area contributed by atoms with E-state index in [1.165, 1.54) is 55.4 Å². The maximum Gasteiger partial charge on any atom is 0.0446 e. The van der Waals surface area contributed by atoms with Gasteiger partial charge in [0.2, 0.25) is 0 Å². The molecule has 1 aromatic heterocycles. The van der Waals surface area contributed by atoms with Crippen molar-refractivity contribution in [3.8, 4) is 0 Å². The van der Waals surface area contributed by atoms with Crippen LogP contribution >= 0.6 is 11.3 Å². The predicted octanol–water partition coefficient (Wildman–Crippen LogP) is 5.62. The molecule has 0 aromatic carbocycles. The highest BCUT2D eigenvalue weighted by atomic mass is 32.1. The van der Waals surface area contributed by atoms with E-state index in [4.69, 9.17) is 0 Å². The third-order valence-electron chi connectivity index (χ3n) is 5.84. The van der Waals surface area contributed by atoms with Crippen molar-refractivity contribution < 1.29 is 0 Å². The molecule has 1 heterocycles. The van der Waals surface area contributed by atoms with Crippen LogP contribution < -0.4 is 5.32 Å². The average molecular weight is 306 g/mol. The summed E-state index contributed by atoms with van der Waals surface area (Å²) in [5.74, 6) is 2.95. The summed E-state index contributed by atoms with van der Waals surface area (Å²) in [5.41, 5.74) is 1.51. The molecular formula is C19H31NS. The van der Waals surface area contributed by atoms with E-state index in [9.17, 15) is 0 Å². The van der Waals surface area contributed by atoms with Crippen molar-refractivity contribution in [2.24, 2.45) is 17.8 Å². The molecule has 1 N–H and O–H groups in total. The third kappa shape index (κ3) is 3.37. The van der Waals surface area contributed by atoms with Gasteiger partial charge in [-0.25, -0.2) is 0 Å². The summed E-state index contributed by atoms with van der Waals surface area (Å²) in [5, 5.41) is 3.83. The van der Waals surface area contributed by atoms with Gasteiger partial charge in [-0.1, -0.05) is 32.6 Å². The van der Waals surface area contributed by atoms with E-state index in [0.717, 1.165) is 24.3 Å². The minimum absolute atomic E-state index is 0.608. The van der Waals surface area contributed by atoms with E-state index >= 15 is 0 Å². The normalized spacial score (nSPS) is 30.9. The molecule has 1 aromatic rings. The zero-order chi connectivity index (χ0) is 14.8. The summed E-state index contributed by atoms with van der Waals surface area (Å²) >= 11 is 2.02. The molecule has 2 fully saturated rings. The maximum atomic E-state index is 3.83. The van der Waals surface area contributed by atoms with E-state index in [2.05, 4.69) is 32.2 Å². The third-order valence-corrected chi connectivity index (χ3v) is 7.07. The first kappa shape index (κ1) is 15.6. The molecule has 1 nitrogen and oxygen atoms in total. The SMILES string of the molecule is CCNC(c1sc(C)cc1C)C1CCC2CCCCC2C1. The van der Waals surface area contributed by atoms with Gasteiger partial charge in [0.15, 0.2) is 0 Å². The van der Waals surface area contributed by atoms with Gasteiger partial charge in [0.05, 0.1) is 0 Å². The second-order valence-electron chi connectivity index (χ2n) is 7.32. The Morgan fingerprint density at radius 2 is 1.90 bits per heavy atom. The van der Waals surface area contributed by atoms with Crippen LogP contribution in [-0.2, 0) is 0 Å². The zero-order valence-electron chi connectivity index (χ0n) is 14.0. The lowest BCUT2D eigenvalue weighted by atomic mass is 9.66. The Labute approximate surface area is 134 Å². The van der Waals surface area contributed by atoms with E-state index in [-0.39, 0.29) is 0 Å². The van der Waals surface area contributed by atoms with Crippen molar-refractivity contribution in [3.05, 3.63) is 21.4 Å². The Balaban J connectivity index is 1.76. The van der Waals surface area contributed by atoms with Crippen LogP contribution in [0.1, 0.15) is 73.2 Å². The molecule has 4 unspecified atom stereocenters. The van der Waals surface area contributed by atoms with Gasteiger partial charge in [0.1, 0.15) is 0 Å². The Bertz CT molecular complexity index is 464. The lowest BCUT2D eigenvalue weighted by molar-refractivity contribution is 0.110. The lowest BCUT2D eigenvalue weighted by Gasteiger charge is -2.42. The van der Waals surface area contributed by atoms with Crippen molar-refractivity contribution in [1.82, 2.24) is 5.32 Å². The number of nitrogens with one attached hydrogen (secondary N) is 1.